The lowest BCUT2D eigenvalue weighted by molar-refractivity contribution is -0.110. The predicted octanol–water partition coefficient (Wildman–Crippen LogP) is 0.639. The highest BCUT2D eigenvalue weighted by molar-refractivity contribution is 7.77. The second kappa shape index (κ2) is 4.16. The summed E-state index contributed by atoms with van der Waals surface area (Å²) in [5.41, 5.74) is 0.311. The Hall–Kier alpha value is -1.19. The van der Waals surface area contributed by atoms with Gasteiger partial charge in [0.2, 0.25) is 5.88 Å². The molecule has 4 nitrogen and oxygen atoms in total. The number of rotatable bonds is 3. The highest BCUT2D eigenvalue weighted by Gasteiger charge is 2.13. The number of methoxy groups -OCH3 is 1. The van der Waals surface area contributed by atoms with Crippen molar-refractivity contribution in [2.75, 3.05) is 7.11 Å². The fraction of sp³-hybridized carbons (Fsp3) is 0.286. The number of carbonyl (C=O) groups excluding carboxylic acids is 1. The van der Waals surface area contributed by atoms with Crippen molar-refractivity contribution in [1.82, 2.24) is 4.37 Å². The molecule has 0 saturated carbocycles. The topological polar surface area (TPSA) is 63.0 Å². The molecule has 1 rings (SSSR count). The SMILES string of the molecule is COc1nsc(CC(=O)[S-])c1C#N. The molecule has 6 heteroatoms. The minimum atomic E-state index is -0.400. The Labute approximate surface area is 84.7 Å². The van der Waals surface area contributed by atoms with Crippen LogP contribution in [0.3, 0.4) is 0 Å². The van der Waals surface area contributed by atoms with Crippen LogP contribution in [0.2, 0.25) is 0 Å². The Morgan fingerprint density at radius 1 is 1.85 bits per heavy atom. The van der Waals surface area contributed by atoms with Gasteiger partial charge >= 0.3 is 0 Å². The number of ether oxygens (including phenoxy) is 1. The highest BCUT2D eigenvalue weighted by Crippen LogP contribution is 2.24. The van der Waals surface area contributed by atoms with Gasteiger partial charge in [-0.15, -0.1) is 0 Å². The zero-order chi connectivity index (χ0) is 9.84. The van der Waals surface area contributed by atoms with Crippen LogP contribution in [0.5, 0.6) is 5.88 Å². The molecule has 0 aromatic carbocycles. The monoisotopic (exact) mass is 213 g/mol. The van der Waals surface area contributed by atoms with E-state index in [9.17, 15) is 4.79 Å². The van der Waals surface area contributed by atoms with E-state index in [0.29, 0.717) is 10.4 Å². The number of nitrogens with zero attached hydrogens (tertiary/aromatic N) is 2. The number of nitriles is 1. The molecule has 1 aromatic rings. The first kappa shape index (κ1) is 9.89. The maximum atomic E-state index is 10.6. The third-order valence-corrected chi connectivity index (χ3v) is 2.31. The molecule has 0 atom stereocenters. The lowest BCUT2D eigenvalue weighted by atomic mass is 10.2. The van der Waals surface area contributed by atoms with Crippen LogP contribution >= 0.6 is 11.5 Å². The summed E-state index contributed by atoms with van der Waals surface area (Å²) in [5.74, 6) is 0.263. The van der Waals surface area contributed by atoms with Crippen LogP contribution < -0.4 is 4.74 Å². The third kappa shape index (κ3) is 2.14. The second-order valence-corrected chi connectivity index (χ2v) is 3.46. The molecule has 13 heavy (non-hydrogen) atoms. The molecule has 0 spiro atoms. The molecule has 1 aromatic heterocycles. The van der Waals surface area contributed by atoms with Gasteiger partial charge in [-0.2, -0.15) is 9.64 Å². The Kier molecular flexibility index (Phi) is 3.17. The average Bonchev–Trinajstić information content (AvgIpc) is 2.45. The quantitative estimate of drug-likeness (QED) is 0.689. The van der Waals surface area contributed by atoms with Crippen molar-refractivity contribution in [3.05, 3.63) is 10.4 Å². The minimum absolute atomic E-state index is 0.0687. The predicted molar refractivity (Wildman–Crippen MR) is 49.5 cm³/mol. The van der Waals surface area contributed by atoms with Gasteiger partial charge in [-0.25, -0.2) is 0 Å². The summed E-state index contributed by atoms with van der Waals surface area (Å²) >= 11 is 5.47. The largest absolute Gasteiger partial charge is 0.742 e. The van der Waals surface area contributed by atoms with Crippen LogP contribution in [0.1, 0.15) is 10.4 Å². The molecule has 0 radical (unpaired) electrons. The van der Waals surface area contributed by atoms with Crippen molar-refractivity contribution in [2.45, 2.75) is 6.42 Å². The summed E-state index contributed by atoms with van der Waals surface area (Å²) in [6.07, 6.45) is 0.0687. The molecule has 0 bridgehead atoms. The molecule has 0 amide bonds. The van der Waals surface area contributed by atoms with Crippen LogP contribution in [0, 0.1) is 11.3 Å². The molecule has 68 valence electrons. The van der Waals surface area contributed by atoms with Gasteiger partial charge in [0, 0.05) is 11.5 Å². The van der Waals surface area contributed by atoms with E-state index in [1.807, 2.05) is 6.07 Å². The number of aromatic nitrogens is 1. The summed E-state index contributed by atoms with van der Waals surface area (Å²) < 4.78 is 8.69. The van der Waals surface area contributed by atoms with Crippen molar-refractivity contribution >= 4 is 29.3 Å². The standard InChI is InChI=1S/C7H6N2O2S2/c1-11-7-4(3-8)5(13-9-7)2-6(10)12/h2H2,1H3,(H,10,12)/p-1. The van der Waals surface area contributed by atoms with Gasteiger partial charge in [-0.05, 0) is 11.5 Å². The first-order chi connectivity index (χ1) is 6.19. The molecule has 0 N–H and O–H groups in total. The summed E-state index contributed by atoms with van der Waals surface area (Å²) in [4.78, 5) is 11.2. The minimum Gasteiger partial charge on any atom is -0.742 e. The van der Waals surface area contributed by atoms with E-state index in [2.05, 4.69) is 17.0 Å². The van der Waals surface area contributed by atoms with Gasteiger partial charge < -0.3 is 22.2 Å². The normalized spacial score (nSPS) is 9.23. The van der Waals surface area contributed by atoms with E-state index in [-0.39, 0.29) is 12.3 Å². The van der Waals surface area contributed by atoms with E-state index in [1.54, 1.807) is 0 Å². The van der Waals surface area contributed by atoms with Crippen LogP contribution in [0.25, 0.3) is 0 Å². The van der Waals surface area contributed by atoms with Gasteiger partial charge in [0.15, 0.2) is 0 Å². The van der Waals surface area contributed by atoms with E-state index in [0.717, 1.165) is 11.5 Å². The fourth-order valence-corrected chi connectivity index (χ4v) is 1.82. The van der Waals surface area contributed by atoms with E-state index >= 15 is 0 Å². The lowest BCUT2D eigenvalue weighted by Gasteiger charge is -1.99. The van der Waals surface area contributed by atoms with Crippen molar-refractivity contribution in [3.63, 3.8) is 0 Å². The first-order valence-electron chi connectivity index (χ1n) is 3.31. The molecule has 0 unspecified atom stereocenters. The van der Waals surface area contributed by atoms with E-state index in [4.69, 9.17) is 10.00 Å². The Bertz CT molecular complexity index is 367. The van der Waals surface area contributed by atoms with Crippen LogP contribution in [0.4, 0.5) is 0 Å². The van der Waals surface area contributed by atoms with E-state index in [1.165, 1.54) is 7.11 Å². The molecule has 0 aliphatic heterocycles. The first-order valence-corrected chi connectivity index (χ1v) is 4.49. The van der Waals surface area contributed by atoms with Crippen molar-refractivity contribution in [1.29, 1.82) is 5.26 Å². The van der Waals surface area contributed by atoms with Gasteiger partial charge in [0.1, 0.15) is 11.6 Å². The molecule has 0 fully saturated rings. The van der Waals surface area contributed by atoms with Crippen LogP contribution in [-0.2, 0) is 23.8 Å². The lowest BCUT2D eigenvalue weighted by Crippen LogP contribution is -1.97. The summed E-state index contributed by atoms with van der Waals surface area (Å²) in [6.45, 7) is 0. The van der Waals surface area contributed by atoms with Crippen LogP contribution in [-0.4, -0.2) is 16.6 Å². The molecular weight excluding hydrogens is 208 g/mol. The van der Waals surface area contributed by atoms with Crippen molar-refractivity contribution < 1.29 is 9.53 Å². The number of carbonyl (C=O) groups is 1. The summed E-state index contributed by atoms with van der Waals surface area (Å²) in [7, 11) is 1.43. The maximum Gasteiger partial charge on any atom is 0.243 e. The second-order valence-electron chi connectivity index (χ2n) is 2.15. The zero-order valence-electron chi connectivity index (χ0n) is 6.73. The van der Waals surface area contributed by atoms with Gasteiger partial charge in [0.25, 0.3) is 0 Å². The fourth-order valence-electron chi connectivity index (χ4n) is 0.808. The van der Waals surface area contributed by atoms with Gasteiger partial charge in [0.05, 0.1) is 12.0 Å². The Morgan fingerprint density at radius 3 is 3.00 bits per heavy atom. The van der Waals surface area contributed by atoms with Crippen LogP contribution in [0.15, 0.2) is 0 Å². The molecular formula is C7H5N2O2S2-. The molecule has 0 saturated heterocycles. The Balaban J connectivity index is 3.02. The number of hydrogen-bond donors (Lipinski definition) is 0. The highest BCUT2D eigenvalue weighted by atomic mass is 32.1. The van der Waals surface area contributed by atoms with Crippen molar-refractivity contribution in [2.24, 2.45) is 0 Å². The molecule has 0 aliphatic rings. The smallest absolute Gasteiger partial charge is 0.243 e. The third-order valence-electron chi connectivity index (χ3n) is 1.34. The molecule has 0 aliphatic carbocycles. The van der Waals surface area contributed by atoms with E-state index < -0.39 is 5.12 Å². The molecule has 1 heterocycles. The maximum absolute atomic E-state index is 10.6. The average molecular weight is 213 g/mol. The summed E-state index contributed by atoms with van der Waals surface area (Å²) in [5, 5.41) is 8.32. The van der Waals surface area contributed by atoms with Gasteiger partial charge in [-0.1, -0.05) is 0 Å². The number of hydrogen-bond acceptors (Lipinski definition) is 6. The van der Waals surface area contributed by atoms with Crippen molar-refractivity contribution in [3.8, 4) is 11.9 Å². The summed E-state index contributed by atoms with van der Waals surface area (Å²) in [6, 6.07) is 1.92. The van der Waals surface area contributed by atoms with Gasteiger partial charge in [-0.3, -0.25) is 0 Å². The Morgan fingerprint density at radius 2 is 2.54 bits per heavy atom. The zero-order valence-corrected chi connectivity index (χ0v) is 8.37.